The number of hydrogen-bond acceptors (Lipinski definition) is 3. The van der Waals surface area contributed by atoms with Crippen LogP contribution in [0.5, 0.6) is 0 Å². The lowest BCUT2D eigenvalue weighted by molar-refractivity contribution is -0.121. The molecule has 2 aliphatic rings. The van der Waals surface area contributed by atoms with Crippen LogP contribution in [0.3, 0.4) is 0 Å². The third-order valence-corrected chi connectivity index (χ3v) is 4.50. The van der Waals surface area contributed by atoms with Gasteiger partial charge in [-0.25, -0.2) is 0 Å². The number of carbonyl (C=O) groups is 2. The number of primary amides is 1. The summed E-state index contributed by atoms with van der Waals surface area (Å²) in [6.45, 7) is 0. The molecule has 19 heavy (non-hydrogen) atoms. The van der Waals surface area contributed by atoms with E-state index in [2.05, 4.69) is 5.32 Å². The van der Waals surface area contributed by atoms with Crippen molar-refractivity contribution in [2.24, 2.45) is 17.6 Å². The number of carbonyl (C=O) groups excluding carboxylic acids is 2. The fourth-order valence-electron chi connectivity index (χ4n) is 3.38. The molecule has 0 radical (unpaired) electrons. The lowest BCUT2D eigenvalue weighted by Gasteiger charge is -2.18. The van der Waals surface area contributed by atoms with E-state index in [4.69, 9.17) is 10.2 Å². The Bertz CT molecular complexity index is 491. The van der Waals surface area contributed by atoms with Gasteiger partial charge in [0.2, 0.25) is 5.91 Å². The standard InChI is InChI=1S/C14H18N2O3/c15-13(18)14(8-10(14)9-4-1-2-5-9)16-12(17)11-6-3-7-19-11/h3,6-7,9-10H,1-2,4-5,8H2,(H2,15,18)(H,16,17)/t10-,14?/m0/s1. The van der Waals surface area contributed by atoms with Crippen molar-refractivity contribution in [3.05, 3.63) is 24.2 Å². The number of nitrogens with two attached hydrogens (primary N) is 1. The predicted octanol–water partition coefficient (Wildman–Crippen LogP) is 1.44. The Hall–Kier alpha value is -1.78. The van der Waals surface area contributed by atoms with E-state index in [0.29, 0.717) is 12.3 Å². The summed E-state index contributed by atoms with van der Waals surface area (Å²) >= 11 is 0. The van der Waals surface area contributed by atoms with Crippen LogP contribution in [0.25, 0.3) is 0 Å². The fraction of sp³-hybridized carbons (Fsp3) is 0.571. The first-order valence-corrected chi connectivity index (χ1v) is 6.79. The van der Waals surface area contributed by atoms with Crippen LogP contribution < -0.4 is 11.1 Å². The smallest absolute Gasteiger partial charge is 0.287 e. The van der Waals surface area contributed by atoms with Crippen molar-refractivity contribution in [3.8, 4) is 0 Å². The van der Waals surface area contributed by atoms with Crippen LogP contribution in [-0.2, 0) is 4.79 Å². The monoisotopic (exact) mass is 262 g/mol. The van der Waals surface area contributed by atoms with Gasteiger partial charge in [-0.1, -0.05) is 25.7 Å². The van der Waals surface area contributed by atoms with Crippen LogP contribution in [0.2, 0.25) is 0 Å². The largest absolute Gasteiger partial charge is 0.459 e. The van der Waals surface area contributed by atoms with Crippen molar-refractivity contribution < 1.29 is 14.0 Å². The summed E-state index contributed by atoms with van der Waals surface area (Å²) in [5.74, 6) is 0.155. The predicted molar refractivity (Wildman–Crippen MR) is 68.2 cm³/mol. The molecule has 1 aromatic heterocycles. The second-order valence-electron chi connectivity index (χ2n) is 5.62. The van der Waals surface area contributed by atoms with Crippen LogP contribution in [0.15, 0.2) is 22.8 Å². The molecule has 5 nitrogen and oxygen atoms in total. The van der Waals surface area contributed by atoms with E-state index >= 15 is 0 Å². The zero-order valence-corrected chi connectivity index (χ0v) is 10.7. The molecule has 2 fully saturated rings. The third-order valence-electron chi connectivity index (χ3n) is 4.50. The van der Waals surface area contributed by atoms with E-state index in [9.17, 15) is 9.59 Å². The van der Waals surface area contributed by atoms with E-state index in [1.54, 1.807) is 12.1 Å². The Labute approximate surface area is 111 Å². The summed E-state index contributed by atoms with van der Waals surface area (Å²) < 4.78 is 5.05. The highest BCUT2D eigenvalue weighted by molar-refractivity contribution is 5.99. The zero-order valence-electron chi connectivity index (χ0n) is 10.7. The molecule has 1 heterocycles. The molecule has 3 N–H and O–H groups in total. The molecule has 102 valence electrons. The van der Waals surface area contributed by atoms with E-state index in [-0.39, 0.29) is 17.6 Å². The maximum Gasteiger partial charge on any atom is 0.287 e. The maximum absolute atomic E-state index is 12.0. The Morgan fingerprint density at radius 3 is 2.68 bits per heavy atom. The molecular weight excluding hydrogens is 244 g/mol. The SMILES string of the molecule is NC(=O)C1(NC(=O)c2ccco2)C[C@H]1C1CCCC1. The average Bonchev–Trinajstić information content (AvgIpc) is 2.84. The lowest BCUT2D eigenvalue weighted by atomic mass is 9.97. The Morgan fingerprint density at radius 2 is 2.11 bits per heavy atom. The molecule has 1 unspecified atom stereocenters. The minimum Gasteiger partial charge on any atom is -0.459 e. The first-order valence-electron chi connectivity index (χ1n) is 6.79. The van der Waals surface area contributed by atoms with E-state index < -0.39 is 11.4 Å². The van der Waals surface area contributed by atoms with Gasteiger partial charge >= 0.3 is 0 Å². The van der Waals surface area contributed by atoms with Gasteiger partial charge < -0.3 is 15.5 Å². The Balaban J connectivity index is 1.73. The Morgan fingerprint density at radius 1 is 1.37 bits per heavy atom. The van der Waals surface area contributed by atoms with Gasteiger partial charge in [0, 0.05) is 0 Å². The van der Waals surface area contributed by atoms with Gasteiger partial charge in [-0.05, 0) is 30.4 Å². The molecule has 0 bridgehead atoms. The zero-order chi connectivity index (χ0) is 13.5. The fourth-order valence-corrected chi connectivity index (χ4v) is 3.38. The number of furan rings is 1. The highest BCUT2D eigenvalue weighted by Gasteiger charge is 2.63. The molecule has 0 aliphatic heterocycles. The normalized spacial score (nSPS) is 30.2. The molecule has 0 spiro atoms. The van der Waals surface area contributed by atoms with E-state index in [1.165, 1.54) is 19.1 Å². The first kappa shape index (κ1) is 12.3. The summed E-state index contributed by atoms with van der Waals surface area (Å²) in [5, 5.41) is 2.79. The minimum atomic E-state index is -0.848. The van der Waals surface area contributed by atoms with Crippen LogP contribution in [0.4, 0.5) is 0 Å². The second kappa shape index (κ2) is 4.40. The van der Waals surface area contributed by atoms with E-state index in [1.807, 2.05) is 0 Å². The quantitative estimate of drug-likeness (QED) is 0.861. The van der Waals surface area contributed by atoms with Crippen LogP contribution in [0.1, 0.15) is 42.7 Å². The third kappa shape index (κ3) is 2.03. The molecule has 2 saturated carbocycles. The molecule has 2 atom stereocenters. The molecule has 0 aromatic carbocycles. The highest BCUT2D eigenvalue weighted by Crippen LogP contribution is 2.53. The first-order chi connectivity index (χ1) is 9.13. The number of nitrogens with one attached hydrogen (secondary N) is 1. The summed E-state index contributed by atoms with van der Waals surface area (Å²) in [7, 11) is 0. The molecule has 3 rings (SSSR count). The van der Waals surface area contributed by atoms with Crippen molar-refractivity contribution >= 4 is 11.8 Å². The molecule has 5 heteroatoms. The summed E-state index contributed by atoms with van der Waals surface area (Å²) in [6, 6.07) is 3.23. The van der Waals surface area contributed by atoms with Crippen LogP contribution >= 0.6 is 0 Å². The summed E-state index contributed by atoms with van der Waals surface area (Å²) in [4.78, 5) is 23.7. The van der Waals surface area contributed by atoms with Crippen molar-refractivity contribution in [1.82, 2.24) is 5.32 Å². The van der Waals surface area contributed by atoms with Gasteiger partial charge in [-0.3, -0.25) is 9.59 Å². The summed E-state index contributed by atoms with van der Waals surface area (Å²) in [6.07, 6.45) is 6.80. The van der Waals surface area contributed by atoms with Gasteiger partial charge in [-0.2, -0.15) is 0 Å². The van der Waals surface area contributed by atoms with Gasteiger partial charge in [0.1, 0.15) is 5.54 Å². The van der Waals surface area contributed by atoms with Gasteiger partial charge in [0.15, 0.2) is 5.76 Å². The van der Waals surface area contributed by atoms with Crippen molar-refractivity contribution in [1.29, 1.82) is 0 Å². The van der Waals surface area contributed by atoms with E-state index in [0.717, 1.165) is 12.8 Å². The van der Waals surface area contributed by atoms with Crippen LogP contribution in [-0.4, -0.2) is 17.4 Å². The number of amides is 2. The minimum absolute atomic E-state index is 0.200. The average molecular weight is 262 g/mol. The molecule has 2 amide bonds. The maximum atomic E-state index is 12.0. The van der Waals surface area contributed by atoms with Crippen LogP contribution in [0, 0.1) is 11.8 Å². The highest BCUT2D eigenvalue weighted by atomic mass is 16.3. The molecular formula is C14H18N2O3. The van der Waals surface area contributed by atoms with Crippen molar-refractivity contribution in [3.63, 3.8) is 0 Å². The van der Waals surface area contributed by atoms with Gasteiger partial charge in [-0.15, -0.1) is 0 Å². The lowest BCUT2D eigenvalue weighted by Crippen LogP contribution is -2.49. The Kier molecular flexibility index (Phi) is 2.84. The van der Waals surface area contributed by atoms with Gasteiger partial charge in [0.25, 0.3) is 5.91 Å². The second-order valence-corrected chi connectivity index (χ2v) is 5.62. The topological polar surface area (TPSA) is 85.3 Å². The molecule has 0 saturated heterocycles. The van der Waals surface area contributed by atoms with Crippen molar-refractivity contribution in [2.75, 3.05) is 0 Å². The summed E-state index contributed by atoms with van der Waals surface area (Å²) in [5.41, 5.74) is 4.66. The number of rotatable bonds is 4. The van der Waals surface area contributed by atoms with Crippen molar-refractivity contribution in [2.45, 2.75) is 37.6 Å². The molecule has 2 aliphatic carbocycles. The number of hydrogen-bond donors (Lipinski definition) is 2. The molecule has 1 aromatic rings. The van der Waals surface area contributed by atoms with Gasteiger partial charge in [0.05, 0.1) is 6.26 Å².